The number of anilines is 1. The van der Waals surface area contributed by atoms with E-state index in [0.29, 0.717) is 19.3 Å². The second-order valence-electron chi connectivity index (χ2n) is 6.34. The lowest BCUT2D eigenvalue weighted by molar-refractivity contribution is 0.259. The maximum Gasteiger partial charge on any atom is 0.195 e. The van der Waals surface area contributed by atoms with E-state index in [2.05, 4.69) is 48.3 Å². The van der Waals surface area contributed by atoms with Crippen LogP contribution in [0.25, 0.3) is 0 Å². The maximum atomic E-state index is 5.75. The largest absolute Gasteiger partial charge is 0.490 e. The van der Waals surface area contributed by atoms with Crippen molar-refractivity contribution in [2.24, 2.45) is 4.99 Å². The molecule has 0 bridgehead atoms. The number of likely N-dealkylation sites (N-methyl/N-ethyl adjacent to an activating group) is 1. The smallest absolute Gasteiger partial charge is 0.195 e. The molecule has 0 amide bonds. The van der Waals surface area contributed by atoms with Gasteiger partial charge in [-0.3, -0.25) is 4.99 Å². The highest BCUT2D eigenvalue weighted by Gasteiger charge is 2.11. The molecule has 1 aliphatic rings. The van der Waals surface area contributed by atoms with Gasteiger partial charge in [0.15, 0.2) is 17.5 Å². The zero-order chi connectivity index (χ0) is 18.1. The zero-order valence-electron chi connectivity index (χ0n) is 16.4. The molecule has 148 valence electrons. The van der Waals surface area contributed by atoms with Crippen LogP contribution in [0.5, 0.6) is 11.5 Å². The quantitative estimate of drug-likeness (QED) is 0.358. The summed E-state index contributed by atoms with van der Waals surface area (Å²) in [6, 6.07) is 6.49. The van der Waals surface area contributed by atoms with Crippen molar-refractivity contribution in [3.8, 4) is 11.5 Å². The second-order valence-corrected chi connectivity index (χ2v) is 6.34. The third-order valence-corrected chi connectivity index (χ3v) is 4.42. The van der Waals surface area contributed by atoms with Gasteiger partial charge >= 0.3 is 0 Å². The molecule has 0 aromatic heterocycles. The van der Waals surface area contributed by atoms with E-state index in [-0.39, 0.29) is 24.0 Å². The van der Waals surface area contributed by atoms with Gasteiger partial charge in [0.2, 0.25) is 0 Å². The maximum absolute atomic E-state index is 5.75. The third-order valence-electron chi connectivity index (χ3n) is 4.42. The molecule has 7 heteroatoms. The van der Waals surface area contributed by atoms with Gasteiger partial charge in [-0.25, -0.2) is 0 Å². The predicted octanol–water partition coefficient (Wildman–Crippen LogP) is 3.57. The molecule has 0 saturated heterocycles. The van der Waals surface area contributed by atoms with Crippen LogP contribution in [0.3, 0.4) is 0 Å². The summed E-state index contributed by atoms with van der Waals surface area (Å²) in [7, 11) is 2.15. The molecule has 0 radical (unpaired) electrons. The summed E-state index contributed by atoms with van der Waals surface area (Å²) in [6.45, 7) is 10.4. The van der Waals surface area contributed by atoms with Gasteiger partial charge in [0, 0.05) is 37.3 Å². The van der Waals surface area contributed by atoms with Crippen molar-refractivity contribution in [3.05, 3.63) is 18.2 Å². The Hall–Kier alpha value is -1.22. The molecule has 1 aromatic carbocycles. The van der Waals surface area contributed by atoms with E-state index < -0.39 is 0 Å². The number of hydrogen-bond acceptors (Lipinski definition) is 4. The zero-order valence-corrected chi connectivity index (χ0v) is 18.7. The minimum Gasteiger partial charge on any atom is -0.490 e. The number of rotatable bonds is 7. The Labute approximate surface area is 174 Å². The van der Waals surface area contributed by atoms with Gasteiger partial charge in [-0.1, -0.05) is 6.92 Å². The van der Waals surface area contributed by atoms with Crippen molar-refractivity contribution in [1.82, 2.24) is 10.2 Å². The molecule has 1 atom stereocenters. The Kier molecular flexibility index (Phi) is 10.7. The lowest BCUT2D eigenvalue weighted by Crippen LogP contribution is -2.33. The van der Waals surface area contributed by atoms with E-state index in [0.717, 1.165) is 55.6 Å². The summed E-state index contributed by atoms with van der Waals surface area (Å²) in [5.74, 6) is 2.38. The van der Waals surface area contributed by atoms with Crippen molar-refractivity contribution >= 4 is 35.6 Å². The number of guanidine groups is 1. The average molecular weight is 476 g/mol. The number of ether oxygens (including phenoxy) is 2. The fourth-order valence-corrected chi connectivity index (χ4v) is 2.54. The molecule has 1 heterocycles. The minimum absolute atomic E-state index is 0. The SMILES string of the molecule is CCNC(=NCCN(C)C(C)CC)Nc1ccc2c(c1)OCCCO2.I. The van der Waals surface area contributed by atoms with E-state index in [9.17, 15) is 0 Å². The number of fused-ring (bicyclic) bond motifs is 1. The summed E-state index contributed by atoms with van der Waals surface area (Å²) in [6.07, 6.45) is 2.06. The first-order valence-electron chi connectivity index (χ1n) is 9.29. The summed E-state index contributed by atoms with van der Waals surface area (Å²) < 4.78 is 11.4. The number of nitrogens with one attached hydrogen (secondary N) is 2. The number of nitrogens with zero attached hydrogens (tertiary/aromatic N) is 2. The topological polar surface area (TPSA) is 58.1 Å². The molecule has 1 aliphatic heterocycles. The van der Waals surface area contributed by atoms with Crippen LogP contribution >= 0.6 is 24.0 Å². The normalized spacial score (nSPS) is 15.0. The Bertz CT molecular complexity index is 568. The van der Waals surface area contributed by atoms with Crippen LogP contribution in [0, 0.1) is 0 Å². The molecule has 6 nitrogen and oxygen atoms in total. The second kappa shape index (κ2) is 12.2. The Morgan fingerprint density at radius 3 is 2.65 bits per heavy atom. The minimum atomic E-state index is 0. The van der Waals surface area contributed by atoms with Crippen LogP contribution in [0.15, 0.2) is 23.2 Å². The number of aliphatic imine (C=N–C) groups is 1. The van der Waals surface area contributed by atoms with Gasteiger partial charge in [-0.15, -0.1) is 24.0 Å². The molecule has 0 spiro atoms. The number of halogens is 1. The fourth-order valence-electron chi connectivity index (χ4n) is 2.54. The Morgan fingerprint density at radius 1 is 1.23 bits per heavy atom. The van der Waals surface area contributed by atoms with Crippen LogP contribution in [0.1, 0.15) is 33.6 Å². The van der Waals surface area contributed by atoms with Gasteiger partial charge in [0.1, 0.15) is 0 Å². The summed E-state index contributed by atoms with van der Waals surface area (Å²) in [5.41, 5.74) is 0.944. The lowest BCUT2D eigenvalue weighted by atomic mass is 10.2. The highest BCUT2D eigenvalue weighted by molar-refractivity contribution is 14.0. The average Bonchev–Trinajstić information content (AvgIpc) is 2.86. The van der Waals surface area contributed by atoms with Crippen LogP contribution in [0.4, 0.5) is 5.69 Å². The van der Waals surface area contributed by atoms with Gasteiger partial charge in [-0.05, 0) is 39.4 Å². The Morgan fingerprint density at radius 2 is 1.96 bits per heavy atom. The number of hydrogen-bond donors (Lipinski definition) is 2. The Balaban J connectivity index is 0.00000338. The van der Waals surface area contributed by atoms with Gasteiger partial charge in [-0.2, -0.15) is 0 Å². The molecule has 0 fully saturated rings. The third kappa shape index (κ3) is 7.19. The van der Waals surface area contributed by atoms with E-state index >= 15 is 0 Å². The van der Waals surface area contributed by atoms with Crippen molar-refractivity contribution < 1.29 is 9.47 Å². The van der Waals surface area contributed by atoms with Crippen LogP contribution < -0.4 is 20.1 Å². The van der Waals surface area contributed by atoms with E-state index in [4.69, 9.17) is 9.47 Å². The molecule has 2 rings (SSSR count). The molecule has 1 unspecified atom stereocenters. The molecule has 0 aliphatic carbocycles. The standard InChI is InChI=1S/C19H32N4O2.HI/c1-5-15(3)23(4)11-10-21-19(20-6-2)22-16-8-9-17-18(14-16)25-13-7-12-24-17;/h8-9,14-15H,5-7,10-13H2,1-4H3,(H2,20,21,22);1H. The summed E-state index contributed by atoms with van der Waals surface area (Å²) >= 11 is 0. The highest BCUT2D eigenvalue weighted by atomic mass is 127. The summed E-state index contributed by atoms with van der Waals surface area (Å²) in [4.78, 5) is 7.01. The van der Waals surface area contributed by atoms with Crippen molar-refractivity contribution in [2.45, 2.75) is 39.7 Å². The first-order chi connectivity index (χ1) is 12.1. The lowest BCUT2D eigenvalue weighted by Gasteiger charge is -2.22. The van der Waals surface area contributed by atoms with Gasteiger partial charge in [0.25, 0.3) is 0 Å². The number of benzene rings is 1. The van der Waals surface area contributed by atoms with Crippen molar-refractivity contribution in [3.63, 3.8) is 0 Å². The van der Waals surface area contributed by atoms with Gasteiger partial charge < -0.3 is 25.0 Å². The van der Waals surface area contributed by atoms with Gasteiger partial charge in [0.05, 0.1) is 19.8 Å². The predicted molar refractivity (Wildman–Crippen MR) is 119 cm³/mol. The first-order valence-corrected chi connectivity index (χ1v) is 9.29. The molecule has 1 aromatic rings. The molecular weight excluding hydrogens is 443 g/mol. The molecular formula is C19H33IN4O2. The van der Waals surface area contributed by atoms with E-state index in [1.54, 1.807) is 0 Å². The molecule has 26 heavy (non-hydrogen) atoms. The highest BCUT2D eigenvalue weighted by Crippen LogP contribution is 2.32. The van der Waals surface area contributed by atoms with Crippen molar-refractivity contribution in [2.75, 3.05) is 45.2 Å². The first kappa shape index (κ1) is 22.8. The van der Waals surface area contributed by atoms with E-state index in [1.807, 2.05) is 18.2 Å². The monoisotopic (exact) mass is 476 g/mol. The fraction of sp³-hybridized carbons (Fsp3) is 0.632. The molecule has 0 saturated carbocycles. The summed E-state index contributed by atoms with van der Waals surface area (Å²) in [5, 5.41) is 6.64. The van der Waals surface area contributed by atoms with Crippen molar-refractivity contribution in [1.29, 1.82) is 0 Å². The van der Waals surface area contributed by atoms with E-state index in [1.165, 1.54) is 0 Å². The van der Waals surface area contributed by atoms with Crippen LogP contribution in [-0.2, 0) is 0 Å². The van der Waals surface area contributed by atoms with Crippen LogP contribution in [-0.4, -0.2) is 56.8 Å². The van der Waals surface area contributed by atoms with Crippen LogP contribution in [0.2, 0.25) is 0 Å². The molecule has 2 N–H and O–H groups in total.